The molecule has 0 aliphatic carbocycles. The number of carbonyl (C=O) groups excluding carboxylic acids is 2. The van der Waals surface area contributed by atoms with Gasteiger partial charge in [0.2, 0.25) is 10.0 Å². The number of halogens is 2. The Morgan fingerprint density at radius 3 is 2.39 bits per heavy atom. The van der Waals surface area contributed by atoms with Crippen molar-refractivity contribution in [2.45, 2.75) is 24.1 Å². The summed E-state index contributed by atoms with van der Waals surface area (Å²) < 4.78 is 45.5. The standard InChI is InChI=1S/C20H21ClFN3O5S/c21-15-4-8-17(9-5-15)31(28,29)25-10-1-11-30-18(25)13-24-20(27)19(26)23-12-14-2-6-16(22)7-3-14/h2-9,18H,1,10-13H2,(H,23,26)(H,24,27). The Bertz CT molecular complexity index is 1030. The minimum absolute atomic E-state index is 0.0452. The van der Waals surface area contributed by atoms with Gasteiger partial charge in [0, 0.05) is 18.1 Å². The van der Waals surface area contributed by atoms with E-state index in [2.05, 4.69) is 10.6 Å². The third kappa shape index (κ3) is 6.01. The number of nitrogens with one attached hydrogen (secondary N) is 2. The predicted octanol–water partition coefficient (Wildman–Crippen LogP) is 1.65. The van der Waals surface area contributed by atoms with Crippen LogP contribution in [0.1, 0.15) is 12.0 Å². The number of hydrogen-bond donors (Lipinski definition) is 2. The number of benzene rings is 2. The van der Waals surface area contributed by atoms with Crippen LogP contribution in [-0.4, -0.2) is 50.5 Å². The fraction of sp³-hybridized carbons (Fsp3) is 0.300. The van der Waals surface area contributed by atoms with Crippen molar-refractivity contribution in [1.29, 1.82) is 0 Å². The highest BCUT2D eigenvalue weighted by Crippen LogP contribution is 2.23. The van der Waals surface area contributed by atoms with E-state index in [0.29, 0.717) is 23.6 Å². The number of hydrogen-bond acceptors (Lipinski definition) is 5. The van der Waals surface area contributed by atoms with E-state index in [1.807, 2.05) is 0 Å². The summed E-state index contributed by atoms with van der Waals surface area (Å²) in [5.74, 6) is -2.23. The maximum absolute atomic E-state index is 13.0. The Morgan fingerprint density at radius 2 is 1.71 bits per heavy atom. The molecule has 1 aliphatic rings. The Hall–Kier alpha value is -2.53. The minimum atomic E-state index is -3.88. The Kier molecular flexibility index (Phi) is 7.60. The quantitative estimate of drug-likeness (QED) is 0.626. The molecule has 1 saturated heterocycles. The van der Waals surface area contributed by atoms with Crippen molar-refractivity contribution in [3.63, 3.8) is 0 Å². The molecule has 1 atom stereocenters. The summed E-state index contributed by atoms with van der Waals surface area (Å²) in [5, 5.41) is 5.22. The monoisotopic (exact) mass is 469 g/mol. The topological polar surface area (TPSA) is 105 Å². The van der Waals surface area contributed by atoms with Crippen LogP contribution >= 0.6 is 11.6 Å². The van der Waals surface area contributed by atoms with Gasteiger partial charge in [-0.05, 0) is 48.4 Å². The van der Waals surface area contributed by atoms with Crippen molar-refractivity contribution in [3.05, 3.63) is 64.9 Å². The van der Waals surface area contributed by atoms with Crippen LogP contribution < -0.4 is 10.6 Å². The number of carbonyl (C=O) groups is 2. The van der Waals surface area contributed by atoms with E-state index in [1.165, 1.54) is 48.5 Å². The van der Waals surface area contributed by atoms with Gasteiger partial charge in [0.1, 0.15) is 12.0 Å². The average molecular weight is 470 g/mol. The molecule has 1 unspecified atom stereocenters. The molecular formula is C20H21ClFN3O5S. The predicted molar refractivity (Wildman–Crippen MR) is 111 cm³/mol. The Morgan fingerprint density at radius 1 is 1.06 bits per heavy atom. The lowest BCUT2D eigenvalue weighted by Gasteiger charge is -2.34. The second-order valence-electron chi connectivity index (χ2n) is 6.77. The summed E-state index contributed by atoms with van der Waals surface area (Å²) in [6.45, 7) is 0.380. The van der Waals surface area contributed by atoms with E-state index in [4.69, 9.17) is 16.3 Å². The highest BCUT2D eigenvalue weighted by atomic mass is 35.5. The van der Waals surface area contributed by atoms with Crippen LogP contribution in [0.15, 0.2) is 53.4 Å². The molecule has 2 amide bonds. The van der Waals surface area contributed by atoms with Crippen molar-refractivity contribution in [2.24, 2.45) is 0 Å². The summed E-state index contributed by atoms with van der Waals surface area (Å²) >= 11 is 5.83. The minimum Gasteiger partial charge on any atom is -0.360 e. The van der Waals surface area contributed by atoms with E-state index < -0.39 is 33.9 Å². The summed E-state index contributed by atoms with van der Waals surface area (Å²) in [4.78, 5) is 24.2. The first-order chi connectivity index (χ1) is 14.8. The van der Waals surface area contributed by atoms with Gasteiger partial charge in [-0.15, -0.1) is 0 Å². The third-order valence-corrected chi connectivity index (χ3v) is 6.74. The first-order valence-corrected chi connectivity index (χ1v) is 11.3. The lowest BCUT2D eigenvalue weighted by molar-refractivity contribution is -0.140. The molecule has 0 bridgehead atoms. The van der Waals surface area contributed by atoms with Gasteiger partial charge in [-0.2, -0.15) is 4.31 Å². The fourth-order valence-electron chi connectivity index (χ4n) is 2.97. The smallest absolute Gasteiger partial charge is 0.309 e. The van der Waals surface area contributed by atoms with Gasteiger partial charge >= 0.3 is 11.8 Å². The second-order valence-corrected chi connectivity index (χ2v) is 9.09. The third-order valence-electron chi connectivity index (χ3n) is 4.58. The van der Waals surface area contributed by atoms with Crippen LogP contribution in [0.2, 0.25) is 5.02 Å². The van der Waals surface area contributed by atoms with Crippen LogP contribution in [0.4, 0.5) is 4.39 Å². The van der Waals surface area contributed by atoms with E-state index in [9.17, 15) is 22.4 Å². The van der Waals surface area contributed by atoms with Crippen molar-refractivity contribution in [3.8, 4) is 0 Å². The van der Waals surface area contributed by atoms with Gasteiger partial charge in [0.05, 0.1) is 18.0 Å². The highest BCUT2D eigenvalue weighted by molar-refractivity contribution is 7.89. The largest absolute Gasteiger partial charge is 0.360 e. The van der Waals surface area contributed by atoms with Gasteiger partial charge in [-0.1, -0.05) is 23.7 Å². The van der Waals surface area contributed by atoms with Crippen molar-refractivity contribution in [1.82, 2.24) is 14.9 Å². The zero-order valence-electron chi connectivity index (χ0n) is 16.4. The summed E-state index contributed by atoms with van der Waals surface area (Å²) in [5.41, 5.74) is 0.624. The molecule has 166 valence electrons. The molecule has 2 aromatic carbocycles. The van der Waals surface area contributed by atoms with Crippen molar-refractivity contribution in [2.75, 3.05) is 19.7 Å². The lowest BCUT2D eigenvalue weighted by atomic mass is 10.2. The zero-order valence-corrected chi connectivity index (χ0v) is 18.0. The van der Waals surface area contributed by atoms with Crippen LogP contribution in [0.3, 0.4) is 0 Å². The summed E-state index contributed by atoms with van der Waals surface area (Å²) in [7, 11) is -3.88. The van der Waals surface area contributed by atoms with Gasteiger partial charge < -0.3 is 15.4 Å². The zero-order chi connectivity index (χ0) is 22.4. The second kappa shape index (κ2) is 10.2. The summed E-state index contributed by atoms with van der Waals surface area (Å²) in [6.07, 6.45) is -0.460. The highest BCUT2D eigenvalue weighted by Gasteiger charge is 2.34. The lowest BCUT2D eigenvalue weighted by Crippen LogP contribution is -2.53. The van der Waals surface area contributed by atoms with Crippen LogP contribution in [0.5, 0.6) is 0 Å². The van der Waals surface area contributed by atoms with Crippen LogP contribution in [0, 0.1) is 5.82 Å². The molecule has 0 spiro atoms. The van der Waals surface area contributed by atoms with Crippen LogP contribution in [-0.2, 0) is 30.9 Å². The molecule has 31 heavy (non-hydrogen) atoms. The van der Waals surface area contributed by atoms with Gasteiger partial charge in [0.15, 0.2) is 0 Å². The SMILES string of the molecule is O=C(NCc1ccc(F)cc1)C(=O)NCC1OCCCN1S(=O)(=O)c1ccc(Cl)cc1. The molecule has 2 aromatic rings. The number of ether oxygens (including phenoxy) is 1. The molecule has 1 heterocycles. The Balaban J connectivity index is 1.58. The van der Waals surface area contributed by atoms with Crippen LogP contribution in [0.25, 0.3) is 0 Å². The number of sulfonamides is 1. The molecule has 3 rings (SSSR count). The van der Waals surface area contributed by atoms with E-state index in [0.717, 1.165) is 4.31 Å². The molecular weight excluding hydrogens is 449 g/mol. The van der Waals surface area contributed by atoms with E-state index >= 15 is 0 Å². The number of rotatable bonds is 6. The molecule has 2 N–H and O–H groups in total. The van der Waals surface area contributed by atoms with E-state index in [-0.39, 0.29) is 24.5 Å². The molecule has 0 saturated carbocycles. The van der Waals surface area contributed by atoms with Gasteiger partial charge in [-0.25, -0.2) is 12.8 Å². The number of nitrogens with zero attached hydrogens (tertiary/aromatic N) is 1. The van der Waals surface area contributed by atoms with Crippen molar-refractivity contribution >= 4 is 33.4 Å². The first kappa shape index (κ1) is 23.1. The molecule has 8 nitrogen and oxygen atoms in total. The maximum atomic E-state index is 13.0. The van der Waals surface area contributed by atoms with Crippen molar-refractivity contribution < 1.29 is 27.1 Å². The fourth-order valence-corrected chi connectivity index (χ4v) is 4.66. The van der Waals surface area contributed by atoms with Gasteiger partial charge in [0.25, 0.3) is 0 Å². The van der Waals surface area contributed by atoms with Gasteiger partial charge in [-0.3, -0.25) is 9.59 Å². The Labute approximate surface area is 184 Å². The molecule has 0 radical (unpaired) electrons. The normalized spacial score (nSPS) is 17.2. The first-order valence-electron chi connectivity index (χ1n) is 9.47. The number of amides is 2. The van der Waals surface area contributed by atoms with E-state index in [1.54, 1.807) is 0 Å². The molecule has 0 aromatic heterocycles. The average Bonchev–Trinajstić information content (AvgIpc) is 2.77. The molecule has 1 fully saturated rings. The molecule has 1 aliphatic heterocycles. The molecule has 11 heteroatoms. The summed E-state index contributed by atoms with van der Waals surface area (Å²) in [6, 6.07) is 11.2. The maximum Gasteiger partial charge on any atom is 0.309 e.